The quantitative estimate of drug-likeness (QED) is 0.643. The molecule has 1 aromatic carbocycles. The van der Waals surface area contributed by atoms with Crippen molar-refractivity contribution in [2.24, 2.45) is 0 Å². The molecule has 1 aromatic rings. The Morgan fingerprint density at radius 2 is 1.67 bits per heavy atom. The highest BCUT2D eigenvalue weighted by molar-refractivity contribution is 8.00. The predicted octanol–water partition coefficient (Wildman–Crippen LogP) is 2.25. The van der Waals surface area contributed by atoms with E-state index in [9.17, 15) is 4.21 Å². The summed E-state index contributed by atoms with van der Waals surface area (Å²) >= 11 is 0. The monoisotopic (exact) mass is 183 g/mol. The largest absolute Gasteiger partial charge is 0.136 e. The highest BCUT2D eigenvalue weighted by Gasteiger charge is 2.12. The SMILES string of the molecule is Cc1ccc(C[S+](C)(C)=O)cc1. The van der Waals surface area contributed by atoms with Gasteiger partial charge in [-0.2, -0.15) is 0 Å². The maximum absolute atomic E-state index is 11.4. The lowest BCUT2D eigenvalue weighted by atomic mass is 10.2. The molecule has 1 rings (SSSR count). The second-order valence-electron chi connectivity index (χ2n) is 3.57. The normalized spacial score (nSPS) is 11.6. The summed E-state index contributed by atoms with van der Waals surface area (Å²) in [5.41, 5.74) is 2.41. The Labute approximate surface area is 75.2 Å². The van der Waals surface area contributed by atoms with Crippen LogP contribution in [0.4, 0.5) is 0 Å². The second kappa shape index (κ2) is 3.40. The summed E-state index contributed by atoms with van der Waals surface area (Å²) in [5, 5.41) is 0. The Morgan fingerprint density at radius 3 is 2.08 bits per heavy atom. The van der Waals surface area contributed by atoms with Crippen molar-refractivity contribution in [2.45, 2.75) is 12.7 Å². The molecule has 0 aliphatic heterocycles. The Morgan fingerprint density at radius 1 is 1.17 bits per heavy atom. The van der Waals surface area contributed by atoms with Crippen molar-refractivity contribution in [1.29, 1.82) is 0 Å². The number of hydrogen-bond acceptors (Lipinski definition) is 1. The van der Waals surface area contributed by atoms with E-state index in [1.165, 1.54) is 5.56 Å². The number of hydrogen-bond donors (Lipinski definition) is 0. The van der Waals surface area contributed by atoms with Gasteiger partial charge in [0.05, 0.1) is 9.93 Å². The van der Waals surface area contributed by atoms with Crippen LogP contribution in [-0.2, 0) is 19.9 Å². The van der Waals surface area contributed by atoms with Gasteiger partial charge in [-0.1, -0.05) is 29.8 Å². The van der Waals surface area contributed by atoms with Crippen LogP contribution in [0.25, 0.3) is 0 Å². The third-order valence-electron chi connectivity index (χ3n) is 1.63. The molecule has 0 aliphatic rings. The zero-order valence-corrected chi connectivity index (χ0v) is 8.65. The van der Waals surface area contributed by atoms with E-state index >= 15 is 0 Å². The summed E-state index contributed by atoms with van der Waals surface area (Å²) < 4.78 is 11.4. The van der Waals surface area contributed by atoms with Crippen molar-refractivity contribution >= 4 is 9.93 Å². The van der Waals surface area contributed by atoms with Crippen LogP contribution in [0.1, 0.15) is 11.1 Å². The second-order valence-corrected chi connectivity index (χ2v) is 6.73. The lowest BCUT2D eigenvalue weighted by molar-refractivity contribution is 0.590. The molecule has 0 radical (unpaired) electrons. The zero-order chi connectivity index (χ0) is 9.19. The summed E-state index contributed by atoms with van der Waals surface area (Å²) in [6.45, 7) is 2.05. The maximum atomic E-state index is 11.4. The topological polar surface area (TPSA) is 17.1 Å². The fourth-order valence-corrected chi connectivity index (χ4v) is 2.08. The van der Waals surface area contributed by atoms with Crippen molar-refractivity contribution in [3.05, 3.63) is 35.4 Å². The van der Waals surface area contributed by atoms with Crippen LogP contribution in [0.5, 0.6) is 0 Å². The van der Waals surface area contributed by atoms with Gasteiger partial charge in [0.15, 0.2) is 0 Å². The molecule has 1 nitrogen and oxygen atoms in total. The molecule has 0 aromatic heterocycles. The summed E-state index contributed by atoms with van der Waals surface area (Å²) in [6.07, 6.45) is 3.60. The first-order chi connectivity index (χ1) is 5.47. The predicted molar refractivity (Wildman–Crippen MR) is 54.8 cm³/mol. The molecule has 0 unspecified atom stereocenters. The minimum atomic E-state index is -1.64. The van der Waals surface area contributed by atoms with Crippen molar-refractivity contribution in [2.75, 3.05) is 12.5 Å². The standard InChI is InChI=1S/C10H15OS/c1-9-4-6-10(7-5-9)8-12(2,3)11/h4-7H,8H2,1-3H3/q+1. The maximum Gasteiger partial charge on any atom is 0.136 e. The highest BCUT2D eigenvalue weighted by Crippen LogP contribution is 2.09. The van der Waals surface area contributed by atoms with E-state index in [0.717, 1.165) is 5.56 Å². The Hall–Kier alpha value is -0.630. The van der Waals surface area contributed by atoms with E-state index in [0.29, 0.717) is 5.75 Å². The van der Waals surface area contributed by atoms with Crippen LogP contribution in [0.3, 0.4) is 0 Å². The first-order valence-electron chi connectivity index (χ1n) is 3.95. The highest BCUT2D eigenvalue weighted by atomic mass is 32.2. The molecular formula is C10H15OS+. The van der Waals surface area contributed by atoms with Crippen LogP contribution in [0.15, 0.2) is 24.3 Å². The first kappa shape index (κ1) is 9.46. The van der Waals surface area contributed by atoms with Crippen LogP contribution in [0.2, 0.25) is 0 Å². The minimum absolute atomic E-state index is 0.688. The first-order valence-corrected chi connectivity index (χ1v) is 6.49. The van der Waals surface area contributed by atoms with Crippen LogP contribution in [-0.4, -0.2) is 12.5 Å². The minimum Gasteiger partial charge on any atom is -0.106 e. The molecule has 0 heterocycles. The summed E-state index contributed by atoms with van der Waals surface area (Å²) in [4.78, 5) is 0. The van der Waals surface area contributed by atoms with E-state index in [-0.39, 0.29) is 0 Å². The van der Waals surface area contributed by atoms with Gasteiger partial charge in [0.1, 0.15) is 18.3 Å². The van der Waals surface area contributed by atoms with Gasteiger partial charge in [-0.3, -0.25) is 0 Å². The molecule has 0 saturated carbocycles. The summed E-state index contributed by atoms with van der Waals surface area (Å²) in [6, 6.07) is 8.20. The van der Waals surface area contributed by atoms with Gasteiger partial charge >= 0.3 is 0 Å². The van der Waals surface area contributed by atoms with Crippen LogP contribution >= 0.6 is 0 Å². The number of benzene rings is 1. The van der Waals surface area contributed by atoms with E-state index in [1.54, 1.807) is 12.5 Å². The fourth-order valence-electron chi connectivity index (χ4n) is 1.09. The molecule has 0 amide bonds. The van der Waals surface area contributed by atoms with Crippen molar-refractivity contribution in [3.8, 4) is 0 Å². The smallest absolute Gasteiger partial charge is 0.106 e. The zero-order valence-electron chi connectivity index (χ0n) is 7.83. The molecule has 0 fully saturated rings. The fraction of sp³-hybridized carbons (Fsp3) is 0.400. The van der Waals surface area contributed by atoms with Gasteiger partial charge in [-0.25, -0.2) is 0 Å². The Kier molecular flexibility index (Phi) is 2.68. The summed E-state index contributed by atoms with van der Waals surface area (Å²) in [5.74, 6) is 0.688. The van der Waals surface area contributed by atoms with E-state index in [1.807, 2.05) is 12.1 Å². The third-order valence-corrected chi connectivity index (χ3v) is 2.66. The average molecular weight is 183 g/mol. The molecule has 12 heavy (non-hydrogen) atoms. The molecule has 2 heteroatoms. The van der Waals surface area contributed by atoms with E-state index < -0.39 is 9.93 Å². The summed E-state index contributed by atoms with van der Waals surface area (Å²) in [7, 11) is -1.64. The van der Waals surface area contributed by atoms with Crippen molar-refractivity contribution in [1.82, 2.24) is 0 Å². The molecule has 0 saturated heterocycles. The van der Waals surface area contributed by atoms with Crippen molar-refractivity contribution < 1.29 is 4.21 Å². The van der Waals surface area contributed by atoms with Gasteiger partial charge < -0.3 is 0 Å². The molecular weight excluding hydrogens is 168 g/mol. The molecule has 0 atom stereocenters. The Balaban J connectivity index is 2.78. The number of rotatable bonds is 2. The molecule has 0 spiro atoms. The lowest BCUT2D eigenvalue weighted by Crippen LogP contribution is -2.07. The molecule has 0 N–H and O–H groups in total. The number of aryl methyl sites for hydroxylation is 1. The molecule has 66 valence electrons. The van der Waals surface area contributed by atoms with E-state index in [2.05, 4.69) is 19.1 Å². The average Bonchev–Trinajstić information content (AvgIpc) is 1.91. The van der Waals surface area contributed by atoms with E-state index in [4.69, 9.17) is 0 Å². The molecule has 0 aliphatic carbocycles. The van der Waals surface area contributed by atoms with Gasteiger partial charge in [-0.05, 0) is 6.92 Å². The van der Waals surface area contributed by atoms with Gasteiger partial charge in [0.25, 0.3) is 0 Å². The lowest BCUT2D eigenvalue weighted by Gasteiger charge is -2.01. The van der Waals surface area contributed by atoms with Crippen LogP contribution in [0, 0.1) is 6.92 Å². The van der Waals surface area contributed by atoms with Crippen molar-refractivity contribution in [3.63, 3.8) is 0 Å². The van der Waals surface area contributed by atoms with Crippen LogP contribution < -0.4 is 0 Å². The third kappa shape index (κ3) is 3.18. The molecule has 0 bridgehead atoms. The van der Waals surface area contributed by atoms with Gasteiger partial charge in [-0.15, -0.1) is 4.21 Å². The van der Waals surface area contributed by atoms with Gasteiger partial charge in [0, 0.05) is 5.56 Å². The Bertz CT molecular complexity index is 294. The van der Waals surface area contributed by atoms with Gasteiger partial charge in [0.2, 0.25) is 0 Å².